The number of carbonyl (C=O) groups is 2. The number of benzene rings is 1. The van der Waals surface area contributed by atoms with Gasteiger partial charge in [-0.15, -0.1) is 22.7 Å². The second-order valence-corrected chi connectivity index (χ2v) is 7.92. The number of ether oxygens (including phenoxy) is 2. The van der Waals surface area contributed by atoms with Crippen molar-refractivity contribution in [1.82, 2.24) is 5.32 Å². The van der Waals surface area contributed by atoms with E-state index < -0.39 is 5.97 Å². The molecular weight excluding hydrogens is 428 g/mol. The second kappa shape index (κ2) is 9.64. The Balaban J connectivity index is 1.85. The van der Waals surface area contributed by atoms with Gasteiger partial charge in [0, 0.05) is 10.9 Å². The van der Waals surface area contributed by atoms with Gasteiger partial charge in [-0.05, 0) is 48.3 Å². The number of carbonyl (C=O) groups excluding carboxylic acids is 2. The van der Waals surface area contributed by atoms with E-state index >= 15 is 0 Å². The second-order valence-electron chi connectivity index (χ2n) is 5.69. The molecule has 0 bridgehead atoms. The van der Waals surface area contributed by atoms with Gasteiger partial charge < -0.3 is 14.8 Å². The van der Waals surface area contributed by atoms with E-state index in [0.717, 1.165) is 11.3 Å². The molecule has 9 heteroatoms. The molecule has 2 heterocycles. The highest BCUT2D eigenvalue weighted by Crippen LogP contribution is 2.36. The Morgan fingerprint density at radius 3 is 2.52 bits per heavy atom. The number of anilines is 1. The summed E-state index contributed by atoms with van der Waals surface area (Å²) in [7, 11) is 1.59. The molecule has 0 fully saturated rings. The van der Waals surface area contributed by atoms with Gasteiger partial charge in [-0.2, -0.15) is 0 Å². The van der Waals surface area contributed by atoms with Crippen LogP contribution >= 0.6 is 34.9 Å². The first-order valence-corrected chi connectivity index (χ1v) is 10.8. The van der Waals surface area contributed by atoms with E-state index in [2.05, 4.69) is 10.6 Å². The van der Waals surface area contributed by atoms with Crippen molar-refractivity contribution >= 4 is 56.9 Å². The smallest absolute Gasteiger partial charge is 0.341 e. The summed E-state index contributed by atoms with van der Waals surface area (Å²) < 4.78 is 10.4. The van der Waals surface area contributed by atoms with Crippen molar-refractivity contribution in [2.75, 3.05) is 19.0 Å². The summed E-state index contributed by atoms with van der Waals surface area (Å²) in [6.45, 7) is 1.99. The summed E-state index contributed by atoms with van der Waals surface area (Å²) in [5.74, 6) is -0.0472. The molecule has 1 aromatic carbocycles. The van der Waals surface area contributed by atoms with Crippen LogP contribution in [0.5, 0.6) is 5.75 Å². The molecule has 0 saturated carbocycles. The van der Waals surface area contributed by atoms with Gasteiger partial charge in [-0.3, -0.25) is 10.1 Å². The Labute approximate surface area is 181 Å². The van der Waals surface area contributed by atoms with Gasteiger partial charge in [-0.1, -0.05) is 18.2 Å². The lowest BCUT2D eigenvalue weighted by Crippen LogP contribution is -2.33. The molecular formula is C20H18N2O4S3. The van der Waals surface area contributed by atoms with Crippen molar-refractivity contribution < 1.29 is 19.1 Å². The number of methoxy groups -OCH3 is 1. The third-order valence-corrected chi connectivity index (χ3v) is 5.84. The van der Waals surface area contributed by atoms with Crippen LogP contribution in [0, 0.1) is 0 Å². The monoisotopic (exact) mass is 446 g/mol. The minimum atomic E-state index is -0.463. The summed E-state index contributed by atoms with van der Waals surface area (Å²) in [6, 6.07) is 10.9. The molecule has 1 amide bonds. The molecule has 29 heavy (non-hydrogen) atoms. The zero-order chi connectivity index (χ0) is 20.8. The molecule has 2 aromatic heterocycles. The van der Waals surface area contributed by atoms with Gasteiger partial charge in [0.25, 0.3) is 5.91 Å². The average Bonchev–Trinajstić information content (AvgIpc) is 3.38. The van der Waals surface area contributed by atoms with Crippen molar-refractivity contribution in [1.29, 1.82) is 0 Å². The van der Waals surface area contributed by atoms with E-state index in [4.69, 9.17) is 21.7 Å². The summed E-state index contributed by atoms with van der Waals surface area (Å²) >= 11 is 7.88. The normalized spacial score (nSPS) is 10.3. The Kier molecular flexibility index (Phi) is 6.97. The van der Waals surface area contributed by atoms with Gasteiger partial charge in [0.15, 0.2) is 5.11 Å². The standard InChI is InChI=1S/C20H18N2O4S3/c1-3-26-19(24)16-14(12-6-8-13(25-2)9-7-12)11-29-18(16)22-20(27)21-17(23)15-5-4-10-28-15/h4-11H,3H2,1-2H3,(H2,21,22,23,27). The maximum atomic E-state index is 12.6. The maximum absolute atomic E-state index is 12.6. The Morgan fingerprint density at radius 1 is 1.14 bits per heavy atom. The molecule has 0 atom stereocenters. The Bertz CT molecular complexity index is 1010. The number of nitrogens with one attached hydrogen (secondary N) is 2. The van der Waals surface area contributed by atoms with E-state index in [0.29, 0.717) is 21.0 Å². The van der Waals surface area contributed by atoms with E-state index in [9.17, 15) is 9.59 Å². The number of esters is 1. The fourth-order valence-corrected chi connectivity index (χ4v) is 4.39. The van der Waals surface area contributed by atoms with Gasteiger partial charge >= 0.3 is 5.97 Å². The van der Waals surface area contributed by atoms with Crippen LogP contribution in [0.2, 0.25) is 0 Å². The van der Waals surface area contributed by atoms with Crippen molar-refractivity contribution in [3.8, 4) is 16.9 Å². The highest BCUT2D eigenvalue weighted by molar-refractivity contribution is 7.80. The molecule has 0 saturated heterocycles. The molecule has 150 valence electrons. The lowest BCUT2D eigenvalue weighted by molar-refractivity contribution is 0.0529. The highest BCUT2D eigenvalue weighted by atomic mass is 32.1. The minimum absolute atomic E-state index is 0.108. The fourth-order valence-electron chi connectivity index (χ4n) is 2.55. The molecule has 0 spiro atoms. The van der Waals surface area contributed by atoms with Crippen molar-refractivity contribution in [3.05, 3.63) is 57.6 Å². The van der Waals surface area contributed by atoms with Crippen LogP contribution in [0.25, 0.3) is 11.1 Å². The zero-order valence-electron chi connectivity index (χ0n) is 15.7. The third kappa shape index (κ3) is 5.00. The van der Waals surface area contributed by atoms with Crippen molar-refractivity contribution in [2.24, 2.45) is 0 Å². The number of amides is 1. The fraction of sp³-hybridized carbons (Fsp3) is 0.150. The zero-order valence-corrected chi connectivity index (χ0v) is 18.1. The quantitative estimate of drug-likeness (QED) is 0.419. The third-order valence-electron chi connectivity index (χ3n) is 3.87. The van der Waals surface area contributed by atoms with Gasteiger partial charge in [0.2, 0.25) is 0 Å². The Morgan fingerprint density at radius 2 is 1.90 bits per heavy atom. The van der Waals surface area contributed by atoms with Crippen LogP contribution in [-0.4, -0.2) is 30.7 Å². The highest BCUT2D eigenvalue weighted by Gasteiger charge is 2.22. The van der Waals surface area contributed by atoms with Crippen LogP contribution in [0.4, 0.5) is 5.00 Å². The number of rotatable bonds is 6. The SMILES string of the molecule is CCOC(=O)c1c(-c2ccc(OC)cc2)csc1NC(=S)NC(=O)c1cccs1. The first-order chi connectivity index (χ1) is 14.0. The van der Waals surface area contributed by atoms with Crippen LogP contribution in [0.15, 0.2) is 47.2 Å². The molecule has 0 radical (unpaired) electrons. The largest absolute Gasteiger partial charge is 0.497 e. The predicted octanol–water partition coefficient (Wildman–Crippen LogP) is 4.79. The molecule has 6 nitrogen and oxygen atoms in total. The molecule has 2 N–H and O–H groups in total. The molecule has 3 rings (SSSR count). The van der Waals surface area contributed by atoms with Crippen molar-refractivity contribution in [2.45, 2.75) is 6.92 Å². The molecule has 3 aromatic rings. The lowest BCUT2D eigenvalue weighted by atomic mass is 10.0. The topological polar surface area (TPSA) is 76.7 Å². The van der Waals surface area contributed by atoms with Crippen LogP contribution in [0.1, 0.15) is 27.0 Å². The van der Waals surface area contributed by atoms with Gasteiger partial charge in [0.05, 0.1) is 18.6 Å². The van der Waals surface area contributed by atoms with E-state index in [-0.39, 0.29) is 17.6 Å². The summed E-state index contributed by atoms with van der Waals surface area (Å²) in [5.41, 5.74) is 1.92. The molecule has 0 aliphatic carbocycles. The maximum Gasteiger partial charge on any atom is 0.341 e. The number of hydrogen-bond donors (Lipinski definition) is 2. The van der Waals surface area contributed by atoms with Crippen molar-refractivity contribution in [3.63, 3.8) is 0 Å². The Hall–Kier alpha value is -2.75. The first kappa shape index (κ1) is 21.0. The number of hydrogen-bond acceptors (Lipinski definition) is 7. The molecule has 0 unspecified atom stereocenters. The number of thiophene rings is 2. The van der Waals surface area contributed by atoms with Gasteiger partial charge in [-0.25, -0.2) is 4.79 Å². The summed E-state index contributed by atoms with van der Waals surface area (Å²) in [4.78, 5) is 25.4. The van der Waals surface area contributed by atoms with Gasteiger partial charge in [0.1, 0.15) is 16.3 Å². The van der Waals surface area contributed by atoms with Crippen LogP contribution in [0.3, 0.4) is 0 Å². The number of thiocarbonyl (C=S) groups is 1. The van der Waals surface area contributed by atoms with E-state index in [1.165, 1.54) is 22.7 Å². The average molecular weight is 447 g/mol. The van der Waals surface area contributed by atoms with Crippen LogP contribution in [-0.2, 0) is 4.74 Å². The molecule has 0 aliphatic rings. The van der Waals surface area contributed by atoms with E-state index in [1.807, 2.05) is 35.0 Å². The minimum Gasteiger partial charge on any atom is -0.497 e. The predicted molar refractivity (Wildman–Crippen MR) is 120 cm³/mol. The summed E-state index contributed by atoms with van der Waals surface area (Å²) in [5, 5.41) is 9.85. The molecule has 0 aliphatic heterocycles. The first-order valence-electron chi connectivity index (χ1n) is 8.62. The summed E-state index contributed by atoms with van der Waals surface area (Å²) in [6.07, 6.45) is 0. The lowest BCUT2D eigenvalue weighted by Gasteiger charge is -2.11. The van der Waals surface area contributed by atoms with E-state index in [1.54, 1.807) is 26.2 Å². The van der Waals surface area contributed by atoms with Crippen LogP contribution < -0.4 is 15.4 Å².